The summed E-state index contributed by atoms with van der Waals surface area (Å²) in [6, 6.07) is 17.6. The Bertz CT molecular complexity index is 1120. The number of hydrogen-bond donors (Lipinski definition) is 0. The van der Waals surface area contributed by atoms with Gasteiger partial charge in [0.05, 0.1) is 12.7 Å². The smallest absolute Gasteiger partial charge is 0.411 e. The van der Waals surface area contributed by atoms with Gasteiger partial charge in [-0.25, -0.2) is 4.79 Å². The van der Waals surface area contributed by atoms with Gasteiger partial charge in [0, 0.05) is 12.1 Å². The summed E-state index contributed by atoms with van der Waals surface area (Å²) in [4.78, 5) is 43.2. The zero-order valence-electron chi connectivity index (χ0n) is 24.8. The summed E-state index contributed by atoms with van der Waals surface area (Å²) in [7, 11) is 1.78. The Kier molecular flexibility index (Phi) is 10.5. The molecular weight excluding hydrogens is 508 g/mol. The lowest BCUT2D eigenvalue weighted by atomic mass is 9.87. The fourth-order valence-electron chi connectivity index (χ4n) is 5.38. The van der Waals surface area contributed by atoms with Crippen LogP contribution < -0.4 is 0 Å². The molecule has 40 heavy (non-hydrogen) atoms. The van der Waals surface area contributed by atoms with Crippen molar-refractivity contribution in [3.05, 3.63) is 71.8 Å². The molecule has 1 amide bonds. The third-order valence-corrected chi connectivity index (χ3v) is 7.69. The number of rotatable bonds is 11. The maximum atomic E-state index is 13.7. The van der Waals surface area contributed by atoms with Gasteiger partial charge in [-0.15, -0.1) is 0 Å². The van der Waals surface area contributed by atoms with E-state index >= 15 is 0 Å². The Labute approximate surface area is 238 Å². The van der Waals surface area contributed by atoms with Gasteiger partial charge in [0.1, 0.15) is 30.1 Å². The maximum absolute atomic E-state index is 13.7. The van der Waals surface area contributed by atoms with Crippen LogP contribution in [0.4, 0.5) is 4.79 Å². The number of carbonyl (C=O) groups excluding carboxylic acids is 3. The predicted octanol–water partition coefficient (Wildman–Crippen LogP) is 5.38. The summed E-state index contributed by atoms with van der Waals surface area (Å²) in [6.45, 7) is 11.4. The summed E-state index contributed by atoms with van der Waals surface area (Å²) in [5, 5.41) is 0. The number of likely N-dealkylation sites (N-methyl/N-ethyl adjacent to an activating group) is 1. The monoisotopic (exact) mass is 552 g/mol. The highest BCUT2D eigenvalue weighted by molar-refractivity contribution is 5.80. The molecule has 1 aliphatic rings. The zero-order chi connectivity index (χ0) is 29.5. The highest BCUT2D eigenvalue weighted by atomic mass is 16.6. The topological polar surface area (TPSA) is 85.4 Å². The normalized spacial score (nSPS) is 21.5. The standard InChI is InChI=1S/C32H44N2O6/c1-23-18-19-32(22-35,34(23)30(37)40-31(4,5)6)25(3)33(7)28(24(2)38-20-26-14-10-8-11-15-26)29(36)39-21-27-16-12-9-13-17-27/h8-17,22-25,28H,18-21H2,1-7H3/t23?,24-,25?,28+,32?/m1/s1. The largest absolute Gasteiger partial charge is 0.460 e. The second-order valence-electron chi connectivity index (χ2n) is 11.7. The van der Waals surface area contributed by atoms with Crippen molar-refractivity contribution in [3.63, 3.8) is 0 Å². The van der Waals surface area contributed by atoms with E-state index in [-0.39, 0.29) is 12.6 Å². The highest BCUT2D eigenvalue weighted by Crippen LogP contribution is 2.39. The van der Waals surface area contributed by atoms with E-state index in [4.69, 9.17) is 14.2 Å². The molecule has 0 spiro atoms. The first-order chi connectivity index (χ1) is 18.9. The van der Waals surface area contributed by atoms with Gasteiger partial charge in [0.2, 0.25) is 0 Å². The van der Waals surface area contributed by atoms with Gasteiger partial charge in [0.25, 0.3) is 0 Å². The lowest BCUT2D eigenvalue weighted by Gasteiger charge is -2.46. The molecule has 5 atom stereocenters. The predicted molar refractivity (Wildman–Crippen MR) is 154 cm³/mol. The van der Waals surface area contributed by atoms with Gasteiger partial charge >= 0.3 is 12.1 Å². The number of carbonyl (C=O) groups is 3. The lowest BCUT2D eigenvalue weighted by Crippen LogP contribution is -2.65. The number of esters is 1. The van der Waals surface area contributed by atoms with Crippen molar-refractivity contribution in [1.82, 2.24) is 9.80 Å². The molecule has 0 radical (unpaired) electrons. The molecule has 218 valence electrons. The Morgan fingerprint density at radius 1 is 1.02 bits per heavy atom. The summed E-state index contributed by atoms with van der Waals surface area (Å²) in [5.41, 5.74) is -0.0554. The molecule has 0 bridgehead atoms. The Morgan fingerprint density at radius 2 is 1.57 bits per heavy atom. The van der Waals surface area contributed by atoms with Crippen LogP contribution in [0.5, 0.6) is 0 Å². The van der Waals surface area contributed by atoms with Crippen LogP contribution in [-0.2, 0) is 37.0 Å². The molecule has 1 saturated heterocycles. The minimum Gasteiger partial charge on any atom is -0.460 e. The fourth-order valence-corrected chi connectivity index (χ4v) is 5.38. The minimum absolute atomic E-state index is 0.115. The number of amides is 1. The molecule has 1 fully saturated rings. The van der Waals surface area contributed by atoms with E-state index in [9.17, 15) is 14.4 Å². The lowest BCUT2D eigenvalue weighted by molar-refractivity contribution is -0.161. The highest BCUT2D eigenvalue weighted by Gasteiger charge is 2.55. The first-order valence-corrected chi connectivity index (χ1v) is 14.0. The molecule has 2 aromatic carbocycles. The van der Waals surface area contributed by atoms with E-state index < -0.39 is 41.4 Å². The molecule has 3 unspecified atom stereocenters. The maximum Gasteiger partial charge on any atom is 0.411 e. The molecule has 3 rings (SSSR count). The van der Waals surface area contributed by atoms with Crippen molar-refractivity contribution in [2.24, 2.45) is 0 Å². The summed E-state index contributed by atoms with van der Waals surface area (Å²) >= 11 is 0. The minimum atomic E-state index is -1.19. The molecule has 0 N–H and O–H groups in total. The van der Waals surface area contributed by atoms with Crippen molar-refractivity contribution >= 4 is 18.3 Å². The molecule has 0 aliphatic carbocycles. The number of ether oxygens (including phenoxy) is 3. The molecule has 2 aromatic rings. The second kappa shape index (κ2) is 13.4. The fraction of sp³-hybridized carbons (Fsp3) is 0.531. The summed E-state index contributed by atoms with van der Waals surface area (Å²) in [6.07, 6.45) is 0.811. The van der Waals surface area contributed by atoms with Crippen molar-refractivity contribution in [2.45, 2.75) is 103 Å². The van der Waals surface area contributed by atoms with E-state index in [1.807, 2.05) is 86.3 Å². The van der Waals surface area contributed by atoms with Crippen LogP contribution in [0.3, 0.4) is 0 Å². The number of aldehydes is 1. The van der Waals surface area contributed by atoms with E-state index in [0.29, 0.717) is 19.4 Å². The molecular formula is C32H44N2O6. The second-order valence-corrected chi connectivity index (χ2v) is 11.7. The Balaban J connectivity index is 1.88. The first-order valence-electron chi connectivity index (χ1n) is 14.0. The quantitative estimate of drug-likeness (QED) is 0.273. The van der Waals surface area contributed by atoms with Crippen LogP contribution >= 0.6 is 0 Å². The van der Waals surface area contributed by atoms with Crippen LogP contribution in [0.1, 0.15) is 65.5 Å². The first kappa shape index (κ1) is 31.3. The Hall–Kier alpha value is -3.23. The number of hydrogen-bond acceptors (Lipinski definition) is 7. The van der Waals surface area contributed by atoms with Crippen molar-refractivity contribution in [1.29, 1.82) is 0 Å². The van der Waals surface area contributed by atoms with E-state index in [2.05, 4.69) is 0 Å². The van der Waals surface area contributed by atoms with Crippen molar-refractivity contribution in [3.8, 4) is 0 Å². The zero-order valence-corrected chi connectivity index (χ0v) is 24.8. The van der Waals surface area contributed by atoms with E-state index in [1.165, 1.54) is 0 Å². The average molecular weight is 553 g/mol. The van der Waals surface area contributed by atoms with Crippen molar-refractivity contribution in [2.75, 3.05) is 7.05 Å². The number of nitrogens with zero attached hydrogens (tertiary/aromatic N) is 2. The molecule has 0 aromatic heterocycles. The van der Waals surface area contributed by atoms with Gasteiger partial charge in [0.15, 0.2) is 0 Å². The van der Waals surface area contributed by atoms with Gasteiger partial charge in [-0.2, -0.15) is 0 Å². The van der Waals surface area contributed by atoms with Gasteiger partial charge < -0.3 is 19.0 Å². The van der Waals surface area contributed by atoms with Gasteiger partial charge in [-0.05, 0) is 72.6 Å². The van der Waals surface area contributed by atoms with Gasteiger partial charge in [-0.1, -0.05) is 60.7 Å². The molecule has 0 saturated carbocycles. The third-order valence-electron chi connectivity index (χ3n) is 7.69. The molecule has 1 heterocycles. The number of benzene rings is 2. The third kappa shape index (κ3) is 7.49. The molecule has 8 nitrogen and oxygen atoms in total. The van der Waals surface area contributed by atoms with Crippen LogP contribution in [-0.4, -0.2) is 70.6 Å². The van der Waals surface area contributed by atoms with Crippen LogP contribution in [0.15, 0.2) is 60.7 Å². The summed E-state index contributed by atoms with van der Waals surface area (Å²) in [5.74, 6) is -0.463. The molecule has 1 aliphatic heterocycles. The van der Waals surface area contributed by atoms with E-state index in [0.717, 1.165) is 17.4 Å². The summed E-state index contributed by atoms with van der Waals surface area (Å²) < 4.78 is 17.7. The molecule has 8 heteroatoms. The average Bonchev–Trinajstić information content (AvgIpc) is 3.27. The number of likely N-dealkylation sites (tertiary alicyclic amines) is 1. The van der Waals surface area contributed by atoms with Crippen LogP contribution in [0.2, 0.25) is 0 Å². The van der Waals surface area contributed by atoms with Gasteiger partial charge in [-0.3, -0.25) is 14.6 Å². The Morgan fingerprint density at radius 3 is 2.10 bits per heavy atom. The van der Waals surface area contributed by atoms with Crippen molar-refractivity contribution < 1.29 is 28.6 Å². The van der Waals surface area contributed by atoms with E-state index in [1.54, 1.807) is 32.7 Å². The van der Waals surface area contributed by atoms with Crippen LogP contribution in [0.25, 0.3) is 0 Å². The van der Waals surface area contributed by atoms with Crippen LogP contribution in [0, 0.1) is 0 Å². The SMILES string of the molecule is CC1CCC(C=O)(C(C)N(C)[C@H](C(=O)OCc2ccccc2)[C@@H](C)OCc2ccccc2)N1C(=O)OC(C)(C)C.